The van der Waals surface area contributed by atoms with Crippen LogP contribution in [0.5, 0.6) is 0 Å². The van der Waals surface area contributed by atoms with Crippen LogP contribution in [0.1, 0.15) is 23.9 Å². The van der Waals surface area contributed by atoms with Gasteiger partial charge < -0.3 is 5.32 Å². The van der Waals surface area contributed by atoms with Crippen molar-refractivity contribution in [3.05, 3.63) is 17.7 Å². The van der Waals surface area contributed by atoms with Gasteiger partial charge in [-0.15, -0.1) is 0 Å². The Morgan fingerprint density at radius 3 is 3.20 bits per heavy atom. The van der Waals surface area contributed by atoms with E-state index in [4.69, 9.17) is 0 Å². The summed E-state index contributed by atoms with van der Waals surface area (Å²) in [5, 5.41) is 10.4. The molecule has 5 nitrogen and oxygen atoms in total. The van der Waals surface area contributed by atoms with E-state index in [0.717, 1.165) is 42.1 Å². The van der Waals surface area contributed by atoms with Gasteiger partial charge in [-0.1, -0.05) is 0 Å². The summed E-state index contributed by atoms with van der Waals surface area (Å²) < 4.78 is 0. The number of fused-ring (bicyclic) bond motifs is 1. The molecule has 0 radical (unpaired) electrons. The Hall–Kier alpha value is -1.49. The second kappa shape index (κ2) is 3.27. The number of H-pyrrole nitrogens is 1. The van der Waals surface area contributed by atoms with Crippen LogP contribution in [-0.2, 0) is 0 Å². The molecule has 2 aromatic heterocycles. The van der Waals surface area contributed by atoms with E-state index in [1.807, 2.05) is 6.92 Å². The maximum atomic E-state index is 4.57. The lowest BCUT2D eigenvalue weighted by Crippen LogP contribution is -2.10. The average molecular weight is 203 g/mol. The molecule has 3 heterocycles. The van der Waals surface area contributed by atoms with Crippen molar-refractivity contribution in [2.45, 2.75) is 19.3 Å². The number of aromatic nitrogens is 4. The summed E-state index contributed by atoms with van der Waals surface area (Å²) in [6, 6.07) is 0. The summed E-state index contributed by atoms with van der Waals surface area (Å²) in [4.78, 5) is 8.94. The molecule has 78 valence electrons. The lowest BCUT2D eigenvalue weighted by molar-refractivity contribution is 0.707. The summed E-state index contributed by atoms with van der Waals surface area (Å²) in [5.74, 6) is 1.40. The standard InChI is InChI=1S/C10H13N5/c1-6-9-8(15-14-6)5-12-10(13-9)7-2-3-11-4-7/h5,7,11H,2-4H2,1H3,(H,14,15). The molecule has 0 aliphatic carbocycles. The van der Waals surface area contributed by atoms with E-state index in [9.17, 15) is 0 Å². The highest BCUT2D eigenvalue weighted by molar-refractivity contribution is 5.75. The Morgan fingerprint density at radius 2 is 2.40 bits per heavy atom. The highest BCUT2D eigenvalue weighted by Crippen LogP contribution is 2.20. The van der Waals surface area contributed by atoms with Crippen molar-refractivity contribution < 1.29 is 0 Å². The van der Waals surface area contributed by atoms with Gasteiger partial charge in [-0.25, -0.2) is 9.97 Å². The second-order valence-corrected chi connectivity index (χ2v) is 4.00. The summed E-state index contributed by atoms with van der Waals surface area (Å²) in [6.07, 6.45) is 2.93. The molecule has 3 rings (SSSR count). The van der Waals surface area contributed by atoms with Crippen molar-refractivity contribution in [3.8, 4) is 0 Å². The van der Waals surface area contributed by atoms with Crippen molar-refractivity contribution in [3.63, 3.8) is 0 Å². The maximum Gasteiger partial charge on any atom is 0.133 e. The Bertz CT molecular complexity index is 484. The lowest BCUT2D eigenvalue weighted by atomic mass is 10.1. The zero-order valence-corrected chi connectivity index (χ0v) is 8.62. The quantitative estimate of drug-likeness (QED) is 0.717. The second-order valence-electron chi connectivity index (χ2n) is 4.00. The number of rotatable bonds is 1. The molecule has 0 saturated carbocycles. The lowest BCUT2D eigenvalue weighted by Gasteiger charge is -2.05. The van der Waals surface area contributed by atoms with Gasteiger partial charge >= 0.3 is 0 Å². The van der Waals surface area contributed by atoms with Gasteiger partial charge in [-0.2, -0.15) is 5.10 Å². The van der Waals surface area contributed by atoms with Gasteiger partial charge in [0.05, 0.1) is 11.9 Å². The molecule has 1 unspecified atom stereocenters. The first-order valence-corrected chi connectivity index (χ1v) is 5.23. The Balaban J connectivity index is 2.08. The van der Waals surface area contributed by atoms with Crippen LogP contribution in [0, 0.1) is 6.92 Å². The molecule has 1 aliphatic rings. The predicted molar refractivity (Wildman–Crippen MR) is 56.6 cm³/mol. The summed E-state index contributed by atoms with van der Waals surface area (Å²) in [7, 11) is 0. The van der Waals surface area contributed by atoms with E-state index >= 15 is 0 Å². The van der Waals surface area contributed by atoms with Crippen LogP contribution in [0.4, 0.5) is 0 Å². The smallest absolute Gasteiger partial charge is 0.133 e. The van der Waals surface area contributed by atoms with Gasteiger partial charge in [0.2, 0.25) is 0 Å². The molecular formula is C10H13N5. The van der Waals surface area contributed by atoms with Crippen molar-refractivity contribution in [2.24, 2.45) is 0 Å². The molecule has 2 N–H and O–H groups in total. The largest absolute Gasteiger partial charge is 0.316 e. The average Bonchev–Trinajstić information content (AvgIpc) is 2.88. The number of hydrogen-bond acceptors (Lipinski definition) is 4. The fourth-order valence-electron chi connectivity index (χ4n) is 2.02. The molecule has 1 atom stereocenters. The van der Waals surface area contributed by atoms with Gasteiger partial charge in [-0.05, 0) is 19.9 Å². The van der Waals surface area contributed by atoms with E-state index in [-0.39, 0.29) is 0 Å². The first-order chi connectivity index (χ1) is 7.34. The SMILES string of the molecule is Cc1[nH]nc2cnc(C3CCNC3)nc12. The molecule has 5 heteroatoms. The zero-order chi connectivity index (χ0) is 10.3. The van der Waals surface area contributed by atoms with E-state index in [0.29, 0.717) is 5.92 Å². The molecule has 1 fully saturated rings. The first kappa shape index (κ1) is 8.79. The van der Waals surface area contributed by atoms with Crippen molar-refractivity contribution >= 4 is 11.0 Å². The fraction of sp³-hybridized carbons (Fsp3) is 0.500. The molecule has 1 aliphatic heterocycles. The number of hydrogen-bond donors (Lipinski definition) is 2. The van der Waals surface area contributed by atoms with Crippen LogP contribution in [0.2, 0.25) is 0 Å². The number of aromatic amines is 1. The molecule has 0 bridgehead atoms. The van der Waals surface area contributed by atoms with Gasteiger partial charge in [-0.3, -0.25) is 5.10 Å². The van der Waals surface area contributed by atoms with Gasteiger partial charge in [0, 0.05) is 12.5 Å². The fourth-order valence-corrected chi connectivity index (χ4v) is 2.02. The Labute approximate surface area is 87.3 Å². The van der Waals surface area contributed by atoms with Crippen molar-refractivity contribution in [1.29, 1.82) is 0 Å². The van der Waals surface area contributed by atoms with Gasteiger partial charge in [0.25, 0.3) is 0 Å². The molecule has 0 spiro atoms. The van der Waals surface area contributed by atoms with Crippen LogP contribution in [0.25, 0.3) is 11.0 Å². The third-order valence-electron chi connectivity index (χ3n) is 2.91. The van der Waals surface area contributed by atoms with Crippen molar-refractivity contribution in [1.82, 2.24) is 25.5 Å². The minimum absolute atomic E-state index is 0.462. The summed E-state index contributed by atoms with van der Waals surface area (Å²) in [6.45, 7) is 4.04. The molecule has 0 aromatic carbocycles. The minimum atomic E-state index is 0.462. The molecule has 1 saturated heterocycles. The van der Waals surface area contributed by atoms with Gasteiger partial charge in [0.1, 0.15) is 16.9 Å². The summed E-state index contributed by atoms with van der Waals surface area (Å²) in [5.41, 5.74) is 2.81. The van der Waals surface area contributed by atoms with Crippen LogP contribution < -0.4 is 5.32 Å². The van der Waals surface area contributed by atoms with E-state index in [1.54, 1.807) is 6.20 Å². The zero-order valence-electron chi connectivity index (χ0n) is 8.62. The molecule has 15 heavy (non-hydrogen) atoms. The number of nitrogens with zero attached hydrogens (tertiary/aromatic N) is 3. The normalized spacial score (nSPS) is 21.3. The van der Waals surface area contributed by atoms with Crippen LogP contribution in [-0.4, -0.2) is 33.3 Å². The predicted octanol–water partition coefficient (Wildman–Crippen LogP) is 0.738. The summed E-state index contributed by atoms with van der Waals surface area (Å²) >= 11 is 0. The minimum Gasteiger partial charge on any atom is -0.316 e. The van der Waals surface area contributed by atoms with Crippen molar-refractivity contribution in [2.75, 3.05) is 13.1 Å². The molecular weight excluding hydrogens is 190 g/mol. The van der Waals surface area contributed by atoms with Crippen LogP contribution in [0.15, 0.2) is 6.20 Å². The van der Waals surface area contributed by atoms with E-state index in [2.05, 4.69) is 25.5 Å². The van der Waals surface area contributed by atoms with E-state index in [1.165, 1.54) is 0 Å². The van der Waals surface area contributed by atoms with E-state index < -0.39 is 0 Å². The molecule has 0 amide bonds. The third-order valence-corrected chi connectivity index (χ3v) is 2.91. The monoisotopic (exact) mass is 203 g/mol. The van der Waals surface area contributed by atoms with Crippen LogP contribution >= 0.6 is 0 Å². The molecule has 2 aromatic rings. The van der Waals surface area contributed by atoms with Gasteiger partial charge in [0.15, 0.2) is 0 Å². The Kier molecular flexibility index (Phi) is 1.92. The number of nitrogens with one attached hydrogen (secondary N) is 2. The topological polar surface area (TPSA) is 66.5 Å². The highest BCUT2D eigenvalue weighted by atomic mass is 15.1. The number of aryl methyl sites for hydroxylation is 1. The van der Waals surface area contributed by atoms with Crippen LogP contribution in [0.3, 0.4) is 0 Å². The Morgan fingerprint density at radius 1 is 1.47 bits per heavy atom. The third kappa shape index (κ3) is 1.39. The maximum absolute atomic E-state index is 4.57. The highest BCUT2D eigenvalue weighted by Gasteiger charge is 2.20. The first-order valence-electron chi connectivity index (χ1n) is 5.23.